The minimum Gasteiger partial charge on any atom is -0.215 e. The highest BCUT2D eigenvalue weighted by Gasteiger charge is 2.08. The average Bonchev–Trinajstić information content (AvgIpc) is 2.38. The number of aryl methyl sites for hydroxylation is 1. The molecule has 0 aliphatic rings. The summed E-state index contributed by atoms with van der Waals surface area (Å²) in [7, 11) is -3.12. The van der Waals surface area contributed by atoms with Crippen molar-refractivity contribution in [2.75, 3.05) is 12.3 Å². The molecule has 0 aliphatic heterocycles. The van der Waals surface area contributed by atoms with E-state index in [4.69, 9.17) is 0 Å². The minimum absolute atomic E-state index is 0.189. The van der Waals surface area contributed by atoms with E-state index in [1.165, 1.54) is 6.07 Å². The maximum Gasteiger partial charge on any atom is 0.211 e. The molecule has 0 heterocycles. The number of benzene rings is 1. The molecule has 3 nitrogen and oxygen atoms in total. The number of unbranched alkanes of at least 4 members (excludes halogenated alkanes) is 2. The van der Waals surface area contributed by atoms with Crippen LogP contribution in [0.5, 0.6) is 0 Å². The molecule has 108 valence electrons. The summed E-state index contributed by atoms with van der Waals surface area (Å²) >= 11 is 0. The van der Waals surface area contributed by atoms with Crippen LogP contribution >= 0.6 is 0 Å². The summed E-state index contributed by atoms with van der Waals surface area (Å²) < 4.78 is 38.9. The number of sulfonamides is 1. The van der Waals surface area contributed by atoms with Gasteiger partial charge in [-0.05, 0) is 37.3 Å². The van der Waals surface area contributed by atoms with Crippen molar-refractivity contribution in [2.24, 2.45) is 0 Å². The van der Waals surface area contributed by atoms with Gasteiger partial charge in [0.1, 0.15) is 5.82 Å². The second kappa shape index (κ2) is 8.27. The molecule has 5 heteroatoms. The molecule has 0 aromatic heterocycles. The maximum absolute atomic E-state index is 13.3. The van der Waals surface area contributed by atoms with Crippen molar-refractivity contribution in [3.05, 3.63) is 35.6 Å². The van der Waals surface area contributed by atoms with Crippen LogP contribution in [-0.4, -0.2) is 20.7 Å². The molecule has 0 atom stereocenters. The van der Waals surface area contributed by atoms with Gasteiger partial charge in [0.15, 0.2) is 0 Å². The molecular weight excluding hydrogens is 265 g/mol. The van der Waals surface area contributed by atoms with Crippen LogP contribution in [0.15, 0.2) is 24.3 Å². The summed E-state index contributed by atoms with van der Waals surface area (Å²) in [5.74, 6) is 0.00242. The third-order valence-corrected chi connectivity index (χ3v) is 4.39. The van der Waals surface area contributed by atoms with Gasteiger partial charge in [-0.3, -0.25) is 0 Å². The van der Waals surface area contributed by atoms with Crippen LogP contribution in [0.4, 0.5) is 4.39 Å². The molecule has 0 fully saturated rings. The Morgan fingerprint density at radius 2 is 1.89 bits per heavy atom. The highest BCUT2D eigenvalue weighted by atomic mass is 32.2. The van der Waals surface area contributed by atoms with Gasteiger partial charge >= 0.3 is 0 Å². The first-order valence-corrected chi connectivity index (χ1v) is 8.41. The van der Waals surface area contributed by atoms with E-state index in [9.17, 15) is 12.8 Å². The first-order valence-electron chi connectivity index (χ1n) is 6.76. The van der Waals surface area contributed by atoms with Crippen LogP contribution in [-0.2, 0) is 16.4 Å². The smallest absolute Gasteiger partial charge is 0.211 e. The van der Waals surface area contributed by atoms with Gasteiger partial charge in [0.25, 0.3) is 0 Å². The quantitative estimate of drug-likeness (QED) is 0.710. The lowest BCUT2D eigenvalue weighted by Crippen LogP contribution is -2.27. The Hall–Kier alpha value is -0.940. The Morgan fingerprint density at radius 1 is 1.16 bits per heavy atom. The molecule has 0 saturated heterocycles. The molecule has 0 bridgehead atoms. The molecule has 1 aromatic carbocycles. The largest absolute Gasteiger partial charge is 0.215 e. The molecule has 19 heavy (non-hydrogen) atoms. The molecule has 0 radical (unpaired) electrons. The standard InChI is InChI=1S/C14H22FNO2S/c1-2-3-12-19(17,18)16-11-7-6-9-13-8-4-5-10-14(13)15/h4-5,8,10,16H,2-3,6-7,9,11-12H2,1H3. The van der Waals surface area contributed by atoms with Gasteiger partial charge in [-0.15, -0.1) is 0 Å². The Morgan fingerprint density at radius 3 is 2.58 bits per heavy atom. The number of rotatable bonds is 9. The molecule has 1 aromatic rings. The summed E-state index contributed by atoms with van der Waals surface area (Å²) in [5.41, 5.74) is 0.691. The molecule has 0 amide bonds. The van der Waals surface area contributed by atoms with Gasteiger partial charge < -0.3 is 0 Å². The first kappa shape index (κ1) is 16.1. The van der Waals surface area contributed by atoms with E-state index in [0.717, 1.165) is 19.3 Å². The zero-order valence-corrected chi connectivity index (χ0v) is 12.2. The van der Waals surface area contributed by atoms with Gasteiger partial charge in [0.2, 0.25) is 10.0 Å². The highest BCUT2D eigenvalue weighted by Crippen LogP contribution is 2.09. The second-order valence-electron chi connectivity index (χ2n) is 4.62. The lowest BCUT2D eigenvalue weighted by Gasteiger charge is -2.06. The third-order valence-electron chi connectivity index (χ3n) is 2.92. The van der Waals surface area contributed by atoms with Gasteiger partial charge in [-0.25, -0.2) is 17.5 Å². The Kier molecular flexibility index (Phi) is 7.02. The predicted octanol–water partition coefficient (Wildman–Crippen LogP) is 2.87. The summed E-state index contributed by atoms with van der Waals surface area (Å²) in [4.78, 5) is 0. The Balaban J connectivity index is 2.20. The van der Waals surface area contributed by atoms with Gasteiger partial charge in [-0.2, -0.15) is 0 Å². The molecule has 0 unspecified atom stereocenters. The van der Waals surface area contributed by atoms with E-state index in [-0.39, 0.29) is 11.6 Å². The van der Waals surface area contributed by atoms with E-state index in [1.807, 2.05) is 13.0 Å². The summed E-state index contributed by atoms with van der Waals surface area (Å²) in [6.45, 7) is 2.39. The summed E-state index contributed by atoms with van der Waals surface area (Å²) in [6, 6.07) is 6.69. The fourth-order valence-electron chi connectivity index (χ4n) is 1.78. The van der Waals surface area contributed by atoms with Crippen molar-refractivity contribution in [3.8, 4) is 0 Å². The topological polar surface area (TPSA) is 46.2 Å². The van der Waals surface area contributed by atoms with Crippen molar-refractivity contribution in [3.63, 3.8) is 0 Å². The molecule has 0 aliphatic carbocycles. The predicted molar refractivity (Wildman–Crippen MR) is 76.0 cm³/mol. The van der Waals surface area contributed by atoms with E-state index < -0.39 is 10.0 Å². The van der Waals surface area contributed by atoms with Crippen molar-refractivity contribution >= 4 is 10.0 Å². The Bertz CT molecular complexity index is 474. The minimum atomic E-state index is -3.12. The summed E-state index contributed by atoms with van der Waals surface area (Å²) in [6.07, 6.45) is 3.69. The fraction of sp³-hybridized carbons (Fsp3) is 0.571. The molecule has 0 saturated carbocycles. The number of nitrogens with one attached hydrogen (secondary N) is 1. The first-order chi connectivity index (χ1) is 9.05. The lowest BCUT2D eigenvalue weighted by atomic mass is 10.1. The van der Waals surface area contributed by atoms with Crippen LogP contribution in [0.2, 0.25) is 0 Å². The maximum atomic E-state index is 13.3. The monoisotopic (exact) mass is 287 g/mol. The van der Waals surface area contributed by atoms with Crippen LogP contribution in [0, 0.1) is 5.82 Å². The molecular formula is C14H22FNO2S. The van der Waals surface area contributed by atoms with E-state index >= 15 is 0 Å². The highest BCUT2D eigenvalue weighted by molar-refractivity contribution is 7.89. The van der Waals surface area contributed by atoms with Crippen molar-refractivity contribution < 1.29 is 12.8 Å². The van der Waals surface area contributed by atoms with Crippen molar-refractivity contribution in [1.82, 2.24) is 4.72 Å². The number of hydrogen-bond acceptors (Lipinski definition) is 2. The number of hydrogen-bond donors (Lipinski definition) is 1. The van der Waals surface area contributed by atoms with E-state index in [1.54, 1.807) is 12.1 Å². The van der Waals surface area contributed by atoms with Crippen LogP contribution in [0.1, 0.15) is 38.2 Å². The van der Waals surface area contributed by atoms with E-state index in [2.05, 4.69) is 4.72 Å². The summed E-state index contributed by atoms with van der Waals surface area (Å²) in [5, 5.41) is 0. The third kappa shape index (κ3) is 6.68. The van der Waals surface area contributed by atoms with Crippen LogP contribution in [0.25, 0.3) is 0 Å². The average molecular weight is 287 g/mol. The van der Waals surface area contributed by atoms with Crippen LogP contribution < -0.4 is 4.72 Å². The number of halogens is 1. The van der Waals surface area contributed by atoms with Crippen LogP contribution in [0.3, 0.4) is 0 Å². The van der Waals surface area contributed by atoms with Crippen molar-refractivity contribution in [1.29, 1.82) is 0 Å². The van der Waals surface area contributed by atoms with Gasteiger partial charge in [-0.1, -0.05) is 31.5 Å². The zero-order chi connectivity index (χ0) is 14.1. The normalized spacial score (nSPS) is 11.7. The van der Waals surface area contributed by atoms with Gasteiger partial charge in [0, 0.05) is 6.54 Å². The second-order valence-corrected chi connectivity index (χ2v) is 6.54. The lowest BCUT2D eigenvalue weighted by molar-refractivity contribution is 0.570. The molecule has 0 spiro atoms. The van der Waals surface area contributed by atoms with Gasteiger partial charge in [0.05, 0.1) is 5.75 Å². The Labute approximate surface area is 115 Å². The molecule has 1 rings (SSSR count). The van der Waals surface area contributed by atoms with Crippen molar-refractivity contribution in [2.45, 2.75) is 39.0 Å². The fourth-order valence-corrected chi connectivity index (χ4v) is 3.04. The zero-order valence-electron chi connectivity index (χ0n) is 11.4. The van der Waals surface area contributed by atoms with E-state index in [0.29, 0.717) is 24.9 Å². The SMILES string of the molecule is CCCCS(=O)(=O)NCCCCc1ccccc1F. The molecule has 1 N–H and O–H groups in total.